The van der Waals surface area contributed by atoms with E-state index < -0.39 is 29.3 Å². The lowest BCUT2D eigenvalue weighted by Gasteiger charge is -2.36. The molecule has 1 aromatic carbocycles. The molecule has 2 aromatic rings. The van der Waals surface area contributed by atoms with Gasteiger partial charge in [0.1, 0.15) is 23.4 Å². The zero-order valence-electron chi connectivity index (χ0n) is 15.7. The van der Waals surface area contributed by atoms with Gasteiger partial charge in [-0.15, -0.1) is 0 Å². The van der Waals surface area contributed by atoms with Crippen molar-refractivity contribution >= 4 is 34.3 Å². The van der Waals surface area contributed by atoms with Crippen molar-refractivity contribution in [2.45, 2.75) is 17.3 Å². The first-order chi connectivity index (χ1) is 13.5. The normalized spacial score (nSPS) is 19.4. The van der Waals surface area contributed by atoms with E-state index in [2.05, 4.69) is 4.90 Å². The molecule has 0 aliphatic carbocycles. The average Bonchev–Trinajstić information content (AvgIpc) is 2.65. The van der Waals surface area contributed by atoms with Crippen LogP contribution in [0.5, 0.6) is 0 Å². The van der Waals surface area contributed by atoms with E-state index in [0.717, 1.165) is 24.9 Å². The van der Waals surface area contributed by atoms with Gasteiger partial charge in [0.15, 0.2) is 0 Å². The van der Waals surface area contributed by atoms with Crippen molar-refractivity contribution in [1.29, 1.82) is 0 Å². The van der Waals surface area contributed by atoms with Crippen LogP contribution in [0.3, 0.4) is 0 Å². The van der Waals surface area contributed by atoms with Gasteiger partial charge in [-0.25, -0.2) is 13.6 Å². The predicted molar refractivity (Wildman–Crippen MR) is 105 cm³/mol. The fourth-order valence-corrected chi connectivity index (χ4v) is 4.82. The summed E-state index contributed by atoms with van der Waals surface area (Å²) in [6, 6.07) is 2.78. The third-order valence-corrected chi connectivity index (χ3v) is 6.45. The van der Waals surface area contributed by atoms with Crippen LogP contribution in [0.4, 0.5) is 14.5 Å². The highest BCUT2D eigenvalue weighted by molar-refractivity contribution is 8.00. The predicted octanol–water partition coefficient (Wildman–Crippen LogP) is 2.64. The molecule has 0 spiro atoms. The van der Waals surface area contributed by atoms with Crippen LogP contribution >= 0.6 is 11.8 Å². The number of thioether (sulfide) groups is 1. The average molecular weight is 409 g/mol. The molecule has 1 aromatic heterocycles. The molecule has 0 unspecified atom stereocenters. The highest BCUT2D eigenvalue weighted by Gasteiger charge is 2.36. The Morgan fingerprint density at radius 1 is 1.29 bits per heavy atom. The van der Waals surface area contributed by atoms with Gasteiger partial charge in [0.2, 0.25) is 5.43 Å². The molecule has 0 bridgehead atoms. The van der Waals surface area contributed by atoms with Gasteiger partial charge >= 0.3 is 5.97 Å². The summed E-state index contributed by atoms with van der Waals surface area (Å²) >= 11 is 1.13. The maximum atomic E-state index is 14.9. The third-order valence-electron chi connectivity index (χ3n) is 5.22. The Hall–Kier alpha value is -2.13. The Bertz CT molecular complexity index is 1000. The Balaban J connectivity index is 1.90. The molecular formula is C19H21F2N3O3S. The highest BCUT2D eigenvalue weighted by Crippen LogP contribution is 2.47. The number of anilines is 1. The molecule has 2 aliphatic heterocycles. The van der Waals surface area contributed by atoms with Crippen LogP contribution in [-0.4, -0.2) is 61.9 Å². The number of aromatic nitrogens is 1. The molecule has 0 N–H and O–H groups in total. The van der Waals surface area contributed by atoms with Crippen molar-refractivity contribution < 1.29 is 18.3 Å². The van der Waals surface area contributed by atoms with Gasteiger partial charge in [-0.05, 0) is 26.1 Å². The van der Waals surface area contributed by atoms with E-state index in [9.17, 15) is 18.4 Å². The number of hydrogen-bond acceptors (Lipinski definition) is 6. The molecule has 4 rings (SSSR count). The summed E-state index contributed by atoms with van der Waals surface area (Å²) in [7, 11) is 2.01. The zero-order valence-corrected chi connectivity index (χ0v) is 16.5. The summed E-state index contributed by atoms with van der Waals surface area (Å²) in [6.45, 7) is 4.04. The van der Waals surface area contributed by atoms with Crippen molar-refractivity contribution in [1.82, 2.24) is 9.47 Å². The molecule has 3 heterocycles. The minimum Gasteiger partial charge on any atom is -0.462 e. The summed E-state index contributed by atoms with van der Waals surface area (Å²) in [5, 5.41) is -0.0902. The lowest BCUT2D eigenvalue weighted by molar-refractivity contribution is 0.0518. The molecule has 150 valence electrons. The van der Waals surface area contributed by atoms with Crippen molar-refractivity contribution in [3.05, 3.63) is 33.7 Å². The Labute approximate surface area is 165 Å². The minimum atomic E-state index is -0.758. The Kier molecular flexibility index (Phi) is 5.05. The molecule has 2 aliphatic rings. The van der Waals surface area contributed by atoms with Gasteiger partial charge in [0, 0.05) is 31.6 Å². The van der Waals surface area contributed by atoms with Crippen LogP contribution in [0, 0.1) is 5.82 Å². The first kappa shape index (κ1) is 19.2. The van der Waals surface area contributed by atoms with Crippen LogP contribution in [0.25, 0.3) is 10.9 Å². The third kappa shape index (κ3) is 2.97. The van der Waals surface area contributed by atoms with E-state index in [1.165, 1.54) is 6.07 Å². The second-order valence-corrected chi connectivity index (χ2v) is 8.10. The van der Waals surface area contributed by atoms with Crippen molar-refractivity contribution in [3.8, 4) is 0 Å². The molecule has 0 saturated carbocycles. The summed E-state index contributed by atoms with van der Waals surface area (Å²) in [5.74, 6) is -1.28. The number of carbonyl (C=O) groups excluding carboxylic acids is 1. The number of ether oxygens (including phenoxy) is 1. The number of piperazine rings is 1. The quantitative estimate of drug-likeness (QED) is 0.724. The number of esters is 1. The van der Waals surface area contributed by atoms with E-state index >= 15 is 0 Å². The summed E-state index contributed by atoms with van der Waals surface area (Å²) < 4.78 is 35.0. The van der Waals surface area contributed by atoms with Crippen LogP contribution in [0.2, 0.25) is 0 Å². The Morgan fingerprint density at radius 2 is 2.00 bits per heavy atom. The van der Waals surface area contributed by atoms with Crippen LogP contribution in [0.15, 0.2) is 22.0 Å². The summed E-state index contributed by atoms with van der Waals surface area (Å²) in [4.78, 5) is 29.3. The van der Waals surface area contributed by atoms with Gasteiger partial charge in [-0.2, -0.15) is 0 Å². The second kappa shape index (κ2) is 7.36. The van der Waals surface area contributed by atoms with Crippen LogP contribution in [0.1, 0.15) is 22.7 Å². The molecule has 28 heavy (non-hydrogen) atoms. The first-order valence-electron chi connectivity index (χ1n) is 9.21. The monoisotopic (exact) mass is 409 g/mol. The fraction of sp³-hybridized carbons (Fsp3) is 0.474. The van der Waals surface area contributed by atoms with Crippen molar-refractivity contribution in [2.24, 2.45) is 0 Å². The van der Waals surface area contributed by atoms with Crippen molar-refractivity contribution in [2.75, 3.05) is 51.4 Å². The number of likely N-dealkylation sites (N-methyl/N-ethyl adjacent to an activating group) is 1. The molecule has 1 atom stereocenters. The van der Waals surface area contributed by atoms with Gasteiger partial charge in [0.25, 0.3) is 0 Å². The number of pyridine rings is 1. The zero-order chi connectivity index (χ0) is 20.0. The van der Waals surface area contributed by atoms with Crippen molar-refractivity contribution in [3.63, 3.8) is 0 Å². The van der Waals surface area contributed by atoms with Gasteiger partial charge in [-0.3, -0.25) is 4.79 Å². The lowest BCUT2D eigenvalue weighted by atomic mass is 10.1. The van der Waals surface area contributed by atoms with E-state index in [1.54, 1.807) is 17.6 Å². The molecule has 6 nitrogen and oxygen atoms in total. The maximum Gasteiger partial charge on any atom is 0.344 e. The number of nitrogens with zero attached hydrogens (tertiary/aromatic N) is 3. The molecular weight excluding hydrogens is 388 g/mol. The first-order valence-corrected chi connectivity index (χ1v) is 10.1. The molecule has 0 radical (unpaired) electrons. The summed E-state index contributed by atoms with van der Waals surface area (Å²) in [5.41, 5.74) is 0.127. The number of rotatable bonds is 4. The second-order valence-electron chi connectivity index (χ2n) is 6.94. The minimum absolute atomic E-state index is 0.0703. The highest BCUT2D eigenvalue weighted by atomic mass is 32.2. The smallest absolute Gasteiger partial charge is 0.344 e. The number of halogens is 2. The van der Waals surface area contributed by atoms with Crippen LogP contribution < -0.4 is 10.3 Å². The molecule has 1 saturated heterocycles. The number of benzene rings is 1. The van der Waals surface area contributed by atoms with Gasteiger partial charge < -0.3 is 19.1 Å². The molecule has 9 heteroatoms. The lowest BCUT2D eigenvalue weighted by Crippen LogP contribution is -2.44. The van der Waals surface area contributed by atoms with Gasteiger partial charge in [0.05, 0.1) is 22.8 Å². The van der Waals surface area contributed by atoms with E-state index in [-0.39, 0.29) is 17.6 Å². The largest absolute Gasteiger partial charge is 0.462 e. The van der Waals surface area contributed by atoms with E-state index in [4.69, 9.17) is 4.74 Å². The fourth-order valence-electron chi connectivity index (χ4n) is 3.70. The number of hydrogen-bond donors (Lipinski definition) is 0. The standard InChI is InChI=1S/C19H21F2N3O3S/c1-3-27-19(26)16-17(25)11-8-12(21)14(23-6-4-22(2)5-7-23)9-13(11)24-15(10-20)28-18(16)24/h8-9,15H,3-7,10H2,1-2H3/t15-/m0/s1. The maximum absolute atomic E-state index is 14.9. The number of alkyl halides is 1. The summed E-state index contributed by atoms with van der Waals surface area (Å²) in [6.07, 6.45) is 0. The van der Waals surface area contributed by atoms with Gasteiger partial charge in [-0.1, -0.05) is 11.8 Å². The number of fused-ring (bicyclic) bond motifs is 3. The SMILES string of the molecule is CCOC(=O)c1c2n(c3cc(N4CCN(C)CC4)c(F)cc3c1=O)[C@H](CF)S2. The molecule has 1 fully saturated rings. The topological polar surface area (TPSA) is 54.8 Å². The van der Waals surface area contributed by atoms with E-state index in [0.29, 0.717) is 29.3 Å². The van der Waals surface area contributed by atoms with Crippen LogP contribution in [-0.2, 0) is 4.74 Å². The Morgan fingerprint density at radius 3 is 2.64 bits per heavy atom. The number of carbonyl (C=O) groups is 1. The molecule has 0 amide bonds. The van der Waals surface area contributed by atoms with E-state index in [1.807, 2.05) is 11.9 Å².